The zero-order valence-electron chi connectivity index (χ0n) is 7.62. The lowest BCUT2D eigenvalue weighted by atomic mass is 9.98. The fourth-order valence-corrected chi connectivity index (χ4v) is 2.00. The van der Waals surface area contributed by atoms with E-state index in [1.54, 1.807) is 11.8 Å². The van der Waals surface area contributed by atoms with Crippen LogP contribution in [-0.2, 0) is 10.2 Å². The topological polar surface area (TPSA) is 17.1 Å². The lowest BCUT2D eigenvalue weighted by Crippen LogP contribution is -2.07. The zero-order chi connectivity index (χ0) is 9.31. The quantitative estimate of drug-likeness (QED) is 0.541. The van der Waals surface area contributed by atoms with Gasteiger partial charge < -0.3 is 4.79 Å². The normalized spacial score (nSPS) is 18.2. The highest BCUT2D eigenvalue weighted by Crippen LogP contribution is 2.46. The minimum atomic E-state index is -0.119. The SMILES string of the molecule is CSc1cccc(C2(C=O)CC2)c1. The molecule has 0 spiro atoms. The van der Waals surface area contributed by atoms with Crippen molar-refractivity contribution in [1.82, 2.24) is 0 Å². The molecule has 0 unspecified atom stereocenters. The molecule has 2 rings (SSSR count). The largest absolute Gasteiger partial charge is 0.302 e. The van der Waals surface area contributed by atoms with Crippen LogP contribution in [0.2, 0.25) is 0 Å². The third-order valence-corrected chi connectivity index (χ3v) is 3.38. The molecule has 13 heavy (non-hydrogen) atoms. The molecule has 0 atom stereocenters. The summed E-state index contributed by atoms with van der Waals surface area (Å²) in [5.41, 5.74) is 1.07. The molecule has 0 N–H and O–H groups in total. The van der Waals surface area contributed by atoms with E-state index in [2.05, 4.69) is 24.5 Å². The van der Waals surface area contributed by atoms with E-state index < -0.39 is 0 Å². The Balaban J connectivity index is 2.35. The standard InChI is InChI=1S/C11H12OS/c1-13-10-4-2-3-9(7-10)11(8-12)5-6-11/h2-4,7-8H,5-6H2,1H3. The van der Waals surface area contributed by atoms with Crippen molar-refractivity contribution in [3.05, 3.63) is 29.8 Å². The van der Waals surface area contributed by atoms with Gasteiger partial charge in [-0.05, 0) is 36.8 Å². The van der Waals surface area contributed by atoms with Gasteiger partial charge in [0.05, 0.1) is 5.41 Å². The third kappa shape index (κ3) is 1.51. The van der Waals surface area contributed by atoms with Gasteiger partial charge in [0.1, 0.15) is 6.29 Å². The molecule has 68 valence electrons. The lowest BCUT2D eigenvalue weighted by Gasteiger charge is -2.08. The van der Waals surface area contributed by atoms with Crippen LogP contribution in [0.4, 0.5) is 0 Å². The van der Waals surface area contributed by atoms with Crippen molar-refractivity contribution in [3.8, 4) is 0 Å². The molecule has 1 saturated carbocycles. The van der Waals surface area contributed by atoms with E-state index in [1.165, 1.54) is 10.5 Å². The lowest BCUT2D eigenvalue weighted by molar-refractivity contribution is -0.109. The highest BCUT2D eigenvalue weighted by atomic mass is 32.2. The second kappa shape index (κ2) is 3.18. The maximum Gasteiger partial charge on any atom is 0.130 e. The van der Waals surface area contributed by atoms with Crippen molar-refractivity contribution in [1.29, 1.82) is 0 Å². The Bertz CT molecular complexity index is 329. The van der Waals surface area contributed by atoms with E-state index >= 15 is 0 Å². The first kappa shape index (κ1) is 8.82. The monoisotopic (exact) mass is 192 g/mol. The van der Waals surface area contributed by atoms with Crippen LogP contribution >= 0.6 is 11.8 Å². The molecule has 2 heteroatoms. The molecular weight excluding hydrogens is 180 g/mol. The van der Waals surface area contributed by atoms with Gasteiger partial charge in [-0.25, -0.2) is 0 Å². The average molecular weight is 192 g/mol. The summed E-state index contributed by atoms with van der Waals surface area (Å²) in [6.45, 7) is 0. The van der Waals surface area contributed by atoms with Gasteiger partial charge in [0.25, 0.3) is 0 Å². The van der Waals surface area contributed by atoms with E-state index in [1.807, 2.05) is 6.07 Å². The summed E-state index contributed by atoms with van der Waals surface area (Å²) in [6.07, 6.45) is 5.20. The fourth-order valence-electron chi connectivity index (χ4n) is 1.54. The van der Waals surface area contributed by atoms with Crippen LogP contribution in [-0.4, -0.2) is 12.5 Å². The van der Waals surface area contributed by atoms with Crippen molar-refractivity contribution >= 4 is 18.0 Å². The predicted molar refractivity (Wildman–Crippen MR) is 55.2 cm³/mol. The highest BCUT2D eigenvalue weighted by Gasteiger charge is 2.44. The third-order valence-electron chi connectivity index (χ3n) is 2.66. The summed E-state index contributed by atoms with van der Waals surface area (Å²) < 4.78 is 0. The maximum absolute atomic E-state index is 10.9. The number of hydrogen-bond donors (Lipinski definition) is 0. The van der Waals surface area contributed by atoms with Crippen molar-refractivity contribution < 1.29 is 4.79 Å². The first-order chi connectivity index (χ1) is 6.30. The van der Waals surface area contributed by atoms with Gasteiger partial charge in [0, 0.05) is 4.90 Å². The molecule has 1 nitrogen and oxygen atoms in total. The highest BCUT2D eigenvalue weighted by molar-refractivity contribution is 7.98. The molecule has 0 saturated heterocycles. The second-order valence-corrected chi connectivity index (χ2v) is 4.39. The molecule has 0 aliphatic heterocycles. The minimum absolute atomic E-state index is 0.119. The second-order valence-electron chi connectivity index (χ2n) is 3.51. The number of hydrogen-bond acceptors (Lipinski definition) is 2. The Hall–Kier alpha value is -0.760. The number of carbonyl (C=O) groups is 1. The molecule has 0 radical (unpaired) electrons. The number of benzene rings is 1. The number of thioether (sulfide) groups is 1. The predicted octanol–water partition coefficient (Wildman–Crippen LogP) is 2.64. The Morgan fingerprint density at radius 2 is 2.23 bits per heavy atom. The van der Waals surface area contributed by atoms with Gasteiger partial charge in [-0.2, -0.15) is 0 Å². The fraction of sp³-hybridized carbons (Fsp3) is 0.364. The summed E-state index contributed by atoms with van der Waals surface area (Å²) in [4.78, 5) is 12.1. The van der Waals surface area contributed by atoms with Crippen LogP contribution in [0.3, 0.4) is 0 Å². The first-order valence-corrected chi connectivity index (χ1v) is 5.64. The Morgan fingerprint density at radius 1 is 1.46 bits per heavy atom. The van der Waals surface area contributed by atoms with Crippen LogP contribution in [0.5, 0.6) is 0 Å². The number of rotatable bonds is 3. The smallest absolute Gasteiger partial charge is 0.130 e. The first-order valence-electron chi connectivity index (χ1n) is 4.42. The van der Waals surface area contributed by atoms with Gasteiger partial charge in [-0.1, -0.05) is 12.1 Å². The van der Waals surface area contributed by atoms with Crippen molar-refractivity contribution in [2.24, 2.45) is 0 Å². The van der Waals surface area contributed by atoms with Crippen molar-refractivity contribution in [3.63, 3.8) is 0 Å². The molecule has 1 aromatic carbocycles. The minimum Gasteiger partial charge on any atom is -0.302 e. The van der Waals surface area contributed by atoms with E-state index in [4.69, 9.17) is 0 Å². The summed E-state index contributed by atoms with van der Waals surface area (Å²) in [5.74, 6) is 0. The van der Waals surface area contributed by atoms with Crippen LogP contribution in [0.15, 0.2) is 29.2 Å². The van der Waals surface area contributed by atoms with Gasteiger partial charge in [0.15, 0.2) is 0 Å². The number of carbonyl (C=O) groups excluding carboxylic acids is 1. The molecule has 1 aliphatic rings. The van der Waals surface area contributed by atoms with Crippen LogP contribution < -0.4 is 0 Å². The summed E-state index contributed by atoms with van der Waals surface area (Å²) in [6, 6.07) is 8.30. The molecule has 1 aromatic rings. The summed E-state index contributed by atoms with van der Waals surface area (Å²) in [5, 5.41) is 0. The van der Waals surface area contributed by atoms with E-state index in [0.29, 0.717) is 0 Å². The summed E-state index contributed by atoms with van der Waals surface area (Å²) in [7, 11) is 0. The molecule has 0 amide bonds. The van der Waals surface area contributed by atoms with Gasteiger partial charge >= 0.3 is 0 Å². The Kier molecular flexibility index (Phi) is 2.16. The van der Waals surface area contributed by atoms with Crippen molar-refractivity contribution in [2.45, 2.75) is 23.2 Å². The van der Waals surface area contributed by atoms with Gasteiger partial charge in [0.2, 0.25) is 0 Å². The zero-order valence-corrected chi connectivity index (χ0v) is 8.43. The van der Waals surface area contributed by atoms with Gasteiger partial charge in [-0.15, -0.1) is 11.8 Å². The average Bonchev–Trinajstić information content (AvgIpc) is 2.99. The van der Waals surface area contributed by atoms with Crippen molar-refractivity contribution in [2.75, 3.05) is 6.26 Å². The maximum atomic E-state index is 10.9. The molecule has 0 aromatic heterocycles. The van der Waals surface area contributed by atoms with Crippen LogP contribution in [0.1, 0.15) is 18.4 Å². The van der Waals surface area contributed by atoms with E-state index in [0.717, 1.165) is 19.1 Å². The summed E-state index contributed by atoms with van der Waals surface area (Å²) >= 11 is 1.72. The van der Waals surface area contributed by atoms with Gasteiger partial charge in [-0.3, -0.25) is 0 Å². The number of aldehydes is 1. The Labute approximate surface area is 82.5 Å². The molecule has 1 aliphatic carbocycles. The molecule has 1 fully saturated rings. The Morgan fingerprint density at radius 3 is 2.77 bits per heavy atom. The van der Waals surface area contributed by atoms with Crippen LogP contribution in [0.25, 0.3) is 0 Å². The van der Waals surface area contributed by atoms with E-state index in [-0.39, 0.29) is 5.41 Å². The molecule has 0 heterocycles. The molecular formula is C11H12OS. The van der Waals surface area contributed by atoms with Crippen LogP contribution in [0, 0.1) is 0 Å². The molecule has 0 bridgehead atoms. The van der Waals surface area contributed by atoms with E-state index in [9.17, 15) is 4.79 Å².